The summed E-state index contributed by atoms with van der Waals surface area (Å²) in [4.78, 5) is 14.4. The number of carbonyl (C=O) groups is 1. The molecule has 1 aliphatic heterocycles. The molecule has 5 nitrogen and oxygen atoms in total. The fourth-order valence-corrected chi connectivity index (χ4v) is 4.47. The average Bonchev–Trinajstić information content (AvgIpc) is 2.67. The molecule has 2 aromatic carbocycles. The summed E-state index contributed by atoms with van der Waals surface area (Å²) in [7, 11) is -3.51. The molecule has 27 heavy (non-hydrogen) atoms. The Balaban J connectivity index is 1.62. The van der Waals surface area contributed by atoms with Crippen LogP contribution in [0.15, 0.2) is 59.5 Å². The summed E-state index contributed by atoms with van der Waals surface area (Å²) in [5, 5.41) is 0. The molecule has 0 saturated carbocycles. The van der Waals surface area contributed by atoms with Gasteiger partial charge >= 0.3 is 0 Å². The second-order valence-corrected chi connectivity index (χ2v) is 8.67. The lowest BCUT2D eigenvalue weighted by atomic mass is 10.1. The highest BCUT2D eigenvalue weighted by atomic mass is 32.2. The van der Waals surface area contributed by atoms with Crippen LogP contribution in [0.2, 0.25) is 0 Å². The highest BCUT2D eigenvalue weighted by Gasteiger charge is 2.29. The van der Waals surface area contributed by atoms with Crippen LogP contribution in [0.25, 0.3) is 6.08 Å². The van der Waals surface area contributed by atoms with Crippen LogP contribution >= 0.6 is 0 Å². The van der Waals surface area contributed by atoms with E-state index in [-0.39, 0.29) is 5.91 Å². The molecule has 1 heterocycles. The molecule has 1 saturated heterocycles. The van der Waals surface area contributed by atoms with Gasteiger partial charge in [0.05, 0.1) is 4.90 Å². The second kappa shape index (κ2) is 8.06. The van der Waals surface area contributed by atoms with Crippen LogP contribution < -0.4 is 0 Å². The third-order valence-electron chi connectivity index (χ3n) is 4.80. The molecule has 0 unspecified atom stereocenters. The van der Waals surface area contributed by atoms with E-state index in [1.165, 1.54) is 4.31 Å². The van der Waals surface area contributed by atoms with Crippen molar-refractivity contribution in [2.75, 3.05) is 26.2 Å². The minimum atomic E-state index is -3.51. The Morgan fingerprint density at radius 2 is 1.56 bits per heavy atom. The number of amides is 1. The largest absolute Gasteiger partial charge is 0.337 e. The molecule has 0 aromatic heterocycles. The van der Waals surface area contributed by atoms with Gasteiger partial charge in [0.2, 0.25) is 15.9 Å². The maximum Gasteiger partial charge on any atom is 0.246 e. The van der Waals surface area contributed by atoms with E-state index in [0.717, 1.165) is 16.7 Å². The predicted octanol–water partition coefficient (Wildman–Crippen LogP) is 2.85. The first kappa shape index (κ1) is 19.3. The zero-order valence-corrected chi connectivity index (χ0v) is 16.4. The number of benzene rings is 2. The van der Waals surface area contributed by atoms with E-state index in [9.17, 15) is 13.2 Å². The smallest absolute Gasteiger partial charge is 0.246 e. The van der Waals surface area contributed by atoms with Gasteiger partial charge in [-0.2, -0.15) is 4.31 Å². The van der Waals surface area contributed by atoms with E-state index in [2.05, 4.69) is 0 Å². The summed E-state index contributed by atoms with van der Waals surface area (Å²) < 4.78 is 26.9. The molecule has 0 radical (unpaired) electrons. The van der Waals surface area contributed by atoms with Gasteiger partial charge in [0, 0.05) is 32.3 Å². The molecule has 0 atom stereocenters. The lowest BCUT2D eigenvalue weighted by Gasteiger charge is -2.33. The third kappa shape index (κ3) is 4.46. The van der Waals surface area contributed by atoms with Crippen molar-refractivity contribution in [2.45, 2.75) is 18.7 Å². The molecule has 142 valence electrons. The lowest BCUT2D eigenvalue weighted by Crippen LogP contribution is -2.50. The molecule has 0 bridgehead atoms. The maximum absolute atomic E-state index is 12.7. The van der Waals surface area contributed by atoms with Crippen molar-refractivity contribution in [3.05, 3.63) is 71.3 Å². The SMILES string of the molecule is Cc1ccc(S(=O)(=O)N2CCN(C(=O)/C=C/c3ccccc3C)CC2)cc1. The first-order valence-electron chi connectivity index (χ1n) is 8.97. The number of sulfonamides is 1. The standard InChI is InChI=1S/C21H24N2O3S/c1-17-7-10-20(11-8-17)27(25,26)23-15-13-22(14-16-23)21(24)12-9-19-6-4-3-5-18(19)2/h3-12H,13-16H2,1-2H3/b12-9+. The Bertz CT molecular complexity index is 942. The fourth-order valence-electron chi connectivity index (χ4n) is 3.05. The first-order chi connectivity index (χ1) is 12.9. The molecular formula is C21H24N2O3S. The number of nitrogens with zero attached hydrogens (tertiary/aromatic N) is 2. The van der Waals surface area contributed by atoms with E-state index in [4.69, 9.17) is 0 Å². The summed E-state index contributed by atoms with van der Waals surface area (Å²) in [6.45, 7) is 5.31. The number of aryl methyl sites for hydroxylation is 2. The lowest BCUT2D eigenvalue weighted by molar-refractivity contribution is -0.127. The Morgan fingerprint density at radius 1 is 0.926 bits per heavy atom. The Kier molecular flexibility index (Phi) is 5.77. The van der Waals surface area contributed by atoms with E-state index in [0.29, 0.717) is 31.1 Å². The van der Waals surface area contributed by atoms with Crippen LogP contribution in [0.5, 0.6) is 0 Å². The molecule has 3 rings (SSSR count). The van der Waals surface area contributed by atoms with Gasteiger partial charge in [-0.25, -0.2) is 8.42 Å². The molecule has 1 fully saturated rings. The van der Waals surface area contributed by atoms with Crippen molar-refractivity contribution in [3.63, 3.8) is 0 Å². The zero-order valence-electron chi connectivity index (χ0n) is 15.6. The molecule has 2 aromatic rings. The topological polar surface area (TPSA) is 57.7 Å². The van der Waals surface area contributed by atoms with Crippen molar-refractivity contribution in [3.8, 4) is 0 Å². The zero-order chi connectivity index (χ0) is 19.4. The van der Waals surface area contributed by atoms with Crippen molar-refractivity contribution in [2.24, 2.45) is 0 Å². The number of hydrogen-bond donors (Lipinski definition) is 0. The highest BCUT2D eigenvalue weighted by molar-refractivity contribution is 7.89. The number of piperazine rings is 1. The number of hydrogen-bond acceptors (Lipinski definition) is 3. The van der Waals surface area contributed by atoms with Gasteiger partial charge < -0.3 is 4.90 Å². The third-order valence-corrected chi connectivity index (χ3v) is 6.72. The Hall–Kier alpha value is -2.44. The van der Waals surface area contributed by atoms with Crippen LogP contribution in [0, 0.1) is 13.8 Å². The van der Waals surface area contributed by atoms with Crippen LogP contribution in [0.3, 0.4) is 0 Å². The molecular weight excluding hydrogens is 360 g/mol. The molecule has 6 heteroatoms. The van der Waals surface area contributed by atoms with Gasteiger partial charge in [0.25, 0.3) is 0 Å². The van der Waals surface area contributed by atoms with Crippen LogP contribution in [-0.2, 0) is 14.8 Å². The summed E-state index contributed by atoms with van der Waals surface area (Å²) in [5.74, 6) is -0.0920. The fraction of sp³-hybridized carbons (Fsp3) is 0.286. The average molecular weight is 385 g/mol. The number of carbonyl (C=O) groups excluding carboxylic acids is 1. The van der Waals surface area contributed by atoms with Gasteiger partial charge in [0.1, 0.15) is 0 Å². The van der Waals surface area contributed by atoms with Crippen LogP contribution in [-0.4, -0.2) is 49.7 Å². The van der Waals surface area contributed by atoms with Crippen molar-refractivity contribution in [1.82, 2.24) is 9.21 Å². The highest BCUT2D eigenvalue weighted by Crippen LogP contribution is 2.18. The normalized spacial score (nSPS) is 16.0. The second-order valence-electron chi connectivity index (χ2n) is 6.73. The van der Waals surface area contributed by atoms with Crippen molar-refractivity contribution in [1.29, 1.82) is 0 Å². The summed E-state index contributed by atoms with van der Waals surface area (Å²) in [6.07, 6.45) is 3.37. The molecule has 1 amide bonds. The minimum absolute atomic E-state index is 0.0920. The molecule has 0 aliphatic carbocycles. The Morgan fingerprint density at radius 3 is 2.19 bits per heavy atom. The number of rotatable bonds is 4. The van der Waals surface area contributed by atoms with Gasteiger partial charge in [-0.15, -0.1) is 0 Å². The van der Waals surface area contributed by atoms with Crippen molar-refractivity contribution < 1.29 is 13.2 Å². The monoisotopic (exact) mass is 384 g/mol. The van der Waals surface area contributed by atoms with Gasteiger partial charge in [0.15, 0.2) is 0 Å². The summed E-state index contributed by atoms with van der Waals surface area (Å²) >= 11 is 0. The van der Waals surface area contributed by atoms with Gasteiger partial charge in [-0.05, 0) is 43.2 Å². The van der Waals surface area contributed by atoms with Gasteiger partial charge in [-0.1, -0.05) is 42.0 Å². The Labute approximate surface area is 161 Å². The van der Waals surface area contributed by atoms with E-state index >= 15 is 0 Å². The predicted molar refractivity (Wildman–Crippen MR) is 107 cm³/mol. The maximum atomic E-state index is 12.7. The van der Waals surface area contributed by atoms with Crippen LogP contribution in [0.4, 0.5) is 0 Å². The van der Waals surface area contributed by atoms with E-state index in [1.807, 2.05) is 44.2 Å². The molecule has 1 aliphatic rings. The molecule has 0 spiro atoms. The van der Waals surface area contributed by atoms with E-state index in [1.54, 1.807) is 35.2 Å². The van der Waals surface area contributed by atoms with Gasteiger partial charge in [-0.3, -0.25) is 4.79 Å². The van der Waals surface area contributed by atoms with Crippen molar-refractivity contribution >= 4 is 22.0 Å². The summed E-state index contributed by atoms with van der Waals surface area (Å²) in [6, 6.07) is 14.7. The summed E-state index contributed by atoms with van der Waals surface area (Å²) in [5.41, 5.74) is 3.13. The minimum Gasteiger partial charge on any atom is -0.337 e. The molecule has 0 N–H and O–H groups in total. The first-order valence-corrected chi connectivity index (χ1v) is 10.4. The van der Waals surface area contributed by atoms with E-state index < -0.39 is 10.0 Å². The quantitative estimate of drug-likeness (QED) is 0.762. The van der Waals surface area contributed by atoms with Crippen LogP contribution in [0.1, 0.15) is 16.7 Å².